The molecule has 152 valence electrons. The van der Waals surface area contributed by atoms with Crippen molar-refractivity contribution in [1.29, 1.82) is 5.26 Å². The van der Waals surface area contributed by atoms with Crippen LogP contribution >= 0.6 is 0 Å². The molecule has 0 saturated carbocycles. The van der Waals surface area contributed by atoms with Crippen LogP contribution in [-0.2, 0) is 0 Å². The van der Waals surface area contributed by atoms with E-state index in [1.165, 1.54) is 31.4 Å². The number of alkyl halides is 2. The maximum atomic E-state index is 13.5. The summed E-state index contributed by atoms with van der Waals surface area (Å²) in [6.07, 6.45) is -2.91. The number of halogens is 2. The van der Waals surface area contributed by atoms with E-state index in [9.17, 15) is 13.6 Å². The van der Waals surface area contributed by atoms with Crippen molar-refractivity contribution in [3.8, 4) is 35.1 Å². The zero-order chi connectivity index (χ0) is 21.7. The van der Waals surface area contributed by atoms with Gasteiger partial charge in [-0.25, -0.2) is 13.6 Å². The lowest BCUT2D eigenvalue weighted by Gasteiger charge is -2.14. The summed E-state index contributed by atoms with van der Waals surface area (Å²) >= 11 is 0. The van der Waals surface area contributed by atoms with Gasteiger partial charge in [-0.1, -0.05) is 6.07 Å². The molecule has 1 heterocycles. The molecular formula is C21H14F2N2O5. The summed E-state index contributed by atoms with van der Waals surface area (Å²) in [6, 6.07) is 14.3. The number of hydrogen-bond acceptors (Lipinski definition) is 6. The fraction of sp³-hybridized carbons (Fsp3) is 0.0952. The van der Waals surface area contributed by atoms with Crippen LogP contribution in [0, 0.1) is 11.3 Å². The molecule has 1 aromatic heterocycles. The van der Waals surface area contributed by atoms with E-state index in [2.05, 4.69) is 4.98 Å². The summed E-state index contributed by atoms with van der Waals surface area (Å²) in [5.41, 5.74) is -0.288. The number of benzene rings is 2. The third kappa shape index (κ3) is 4.62. The van der Waals surface area contributed by atoms with Gasteiger partial charge in [-0.3, -0.25) is 0 Å². The van der Waals surface area contributed by atoms with Crippen molar-refractivity contribution >= 4 is 5.97 Å². The topological polar surface area (TPSA) is 102 Å². The highest BCUT2D eigenvalue weighted by Gasteiger charge is 2.20. The number of carboxylic acids is 1. The third-order valence-electron chi connectivity index (χ3n) is 3.90. The van der Waals surface area contributed by atoms with Crippen LogP contribution in [0.25, 0.3) is 0 Å². The van der Waals surface area contributed by atoms with Gasteiger partial charge in [0.1, 0.15) is 5.75 Å². The first-order valence-electron chi connectivity index (χ1n) is 8.47. The molecule has 3 rings (SSSR count). The molecule has 0 aliphatic heterocycles. The highest BCUT2D eigenvalue weighted by Crippen LogP contribution is 2.37. The molecule has 1 N–H and O–H groups in total. The molecule has 2 aromatic carbocycles. The summed E-state index contributed by atoms with van der Waals surface area (Å²) in [6.45, 7) is 0. The van der Waals surface area contributed by atoms with E-state index in [1.807, 2.05) is 6.07 Å². The maximum Gasteiger partial charge on any atom is 0.335 e. The Labute approximate surface area is 169 Å². The smallest absolute Gasteiger partial charge is 0.335 e. The Hall–Kier alpha value is -4.19. The van der Waals surface area contributed by atoms with E-state index >= 15 is 0 Å². The molecule has 0 atom stereocenters. The molecule has 0 bridgehead atoms. The fourth-order valence-electron chi connectivity index (χ4n) is 2.48. The molecule has 0 radical (unpaired) electrons. The number of carboxylic acid groups (broad SMARTS) is 1. The van der Waals surface area contributed by atoms with Gasteiger partial charge in [-0.2, -0.15) is 10.2 Å². The van der Waals surface area contributed by atoms with Crippen LogP contribution in [0.2, 0.25) is 0 Å². The van der Waals surface area contributed by atoms with Gasteiger partial charge in [0, 0.05) is 6.07 Å². The molecule has 0 unspecified atom stereocenters. The molecule has 7 nitrogen and oxygen atoms in total. The number of pyridine rings is 1. The van der Waals surface area contributed by atoms with Crippen molar-refractivity contribution in [3.05, 3.63) is 71.3 Å². The van der Waals surface area contributed by atoms with Gasteiger partial charge in [0.25, 0.3) is 6.43 Å². The van der Waals surface area contributed by atoms with Crippen molar-refractivity contribution in [1.82, 2.24) is 4.98 Å². The summed E-state index contributed by atoms with van der Waals surface area (Å²) in [5, 5.41) is 18.1. The van der Waals surface area contributed by atoms with Gasteiger partial charge in [0.05, 0.1) is 29.9 Å². The van der Waals surface area contributed by atoms with E-state index in [1.54, 1.807) is 18.2 Å². The monoisotopic (exact) mass is 412 g/mol. The highest BCUT2D eigenvalue weighted by molar-refractivity contribution is 5.88. The van der Waals surface area contributed by atoms with Crippen molar-refractivity contribution in [2.24, 2.45) is 0 Å². The Kier molecular flexibility index (Phi) is 6.08. The predicted octanol–water partition coefficient (Wildman–Crippen LogP) is 5.18. The SMILES string of the molecule is COc1ccc(C(=O)O)cc1Oc1nc(Oc2cccc(C#N)c2)ccc1C(F)F. The van der Waals surface area contributed by atoms with Gasteiger partial charge in [0.15, 0.2) is 11.5 Å². The van der Waals surface area contributed by atoms with E-state index in [0.29, 0.717) is 5.56 Å². The number of methoxy groups -OCH3 is 1. The second-order valence-corrected chi connectivity index (χ2v) is 5.86. The molecule has 0 aliphatic carbocycles. The molecule has 0 saturated heterocycles. The Morgan fingerprint density at radius 3 is 2.57 bits per heavy atom. The minimum atomic E-state index is -2.91. The van der Waals surface area contributed by atoms with Crippen molar-refractivity contribution in [2.75, 3.05) is 7.11 Å². The zero-order valence-electron chi connectivity index (χ0n) is 15.5. The lowest BCUT2D eigenvalue weighted by Crippen LogP contribution is -2.01. The number of nitrogens with zero attached hydrogens (tertiary/aromatic N) is 2. The lowest BCUT2D eigenvalue weighted by atomic mass is 10.2. The van der Waals surface area contributed by atoms with Crippen LogP contribution in [0.1, 0.15) is 27.9 Å². The van der Waals surface area contributed by atoms with Crippen LogP contribution in [-0.4, -0.2) is 23.2 Å². The molecule has 0 spiro atoms. The normalized spacial score (nSPS) is 10.4. The number of hydrogen-bond donors (Lipinski definition) is 1. The van der Waals surface area contributed by atoms with Crippen molar-refractivity contribution < 1.29 is 32.9 Å². The van der Waals surface area contributed by atoms with Crippen LogP contribution in [0.15, 0.2) is 54.6 Å². The Morgan fingerprint density at radius 2 is 1.90 bits per heavy atom. The molecule has 30 heavy (non-hydrogen) atoms. The van der Waals surface area contributed by atoms with Crippen LogP contribution in [0.4, 0.5) is 8.78 Å². The van der Waals surface area contributed by atoms with E-state index in [0.717, 1.165) is 12.1 Å². The maximum absolute atomic E-state index is 13.5. The predicted molar refractivity (Wildman–Crippen MR) is 100 cm³/mol. The Bertz CT molecular complexity index is 1130. The van der Waals surface area contributed by atoms with Gasteiger partial charge >= 0.3 is 5.97 Å². The largest absolute Gasteiger partial charge is 0.493 e. The molecule has 0 aliphatic rings. The second kappa shape index (κ2) is 8.87. The number of nitriles is 1. The minimum Gasteiger partial charge on any atom is -0.493 e. The molecule has 9 heteroatoms. The highest BCUT2D eigenvalue weighted by atomic mass is 19.3. The number of carbonyl (C=O) groups is 1. The lowest BCUT2D eigenvalue weighted by molar-refractivity contribution is 0.0696. The quantitative estimate of drug-likeness (QED) is 0.570. The first-order valence-corrected chi connectivity index (χ1v) is 8.47. The van der Waals surface area contributed by atoms with Crippen LogP contribution < -0.4 is 14.2 Å². The minimum absolute atomic E-state index is 0.0576. The zero-order valence-corrected chi connectivity index (χ0v) is 15.5. The number of ether oxygens (including phenoxy) is 3. The second-order valence-electron chi connectivity index (χ2n) is 5.86. The summed E-state index contributed by atoms with van der Waals surface area (Å²) in [4.78, 5) is 15.2. The average Bonchev–Trinajstić information content (AvgIpc) is 2.73. The third-order valence-corrected chi connectivity index (χ3v) is 3.90. The van der Waals surface area contributed by atoms with Crippen molar-refractivity contribution in [3.63, 3.8) is 0 Å². The molecule has 3 aromatic rings. The molecule has 0 fully saturated rings. The number of aromatic nitrogens is 1. The van der Waals surface area contributed by atoms with E-state index in [4.69, 9.17) is 24.6 Å². The average molecular weight is 412 g/mol. The Morgan fingerprint density at radius 1 is 1.10 bits per heavy atom. The molecule has 0 amide bonds. The van der Waals surface area contributed by atoms with Crippen LogP contribution in [0.3, 0.4) is 0 Å². The number of aromatic carboxylic acids is 1. The fourth-order valence-corrected chi connectivity index (χ4v) is 2.48. The van der Waals surface area contributed by atoms with Gasteiger partial charge in [-0.15, -0.1) is 0 Å². The first kappa shape index (κ1) is 20.5. The van der Waals surface area contributed by atoms with Gasteiger partial charge in [0.2, 0.25) is 11.8 Å². The summed E-state index contributed by atoms with van der Waals surface area (Å²) in [5.74, 6) is -1.44. The van der Waals surface area contributed by atoms with Gasteiger partial charge in [-0.05, 0) is 42.5 Å². The van der Waals surface area contributed by atoms with Crippen LogP contribution in [0.5, 0.6) is 29.0 Å². The van der Waals surface area contributed by atoms with E-state index in [-0.39, 0.29) is 28.7 Å². The summed E-state index contributed by atoms with van der Waals surface area (Å²) < 4.78 is 43.1. The standard InChI is InChI=1S/C21H14F2N2O5/c1-28-16-7-5-13(21(26)27)10-17(16)30-20-15(19(22)23)6-8-18(25-20)29-14-4-2-3-12(9-14)11-24/h2-10,19H,1H3,(H,26,27). The molecular weight excluding hydrogens is 398 g/mol. The van der Waals surface area contributed by atoms with Gasteiger partial charge < -0.3 is 19.3 Å². The Balaban J connectivity index is 1.99. The number of rotatable bonds is 7. The van der Waals surface area contributed by atoms with E-state index < -0.39 is 23.8 Å². The first-order chi connectivity index (χ1) is 14.4. The van der Waals surface area contributed by atoms with Crippen molar-refractivity contribution in [2.45, 2.75) is 6.43 Å². The summed E-state index contributed by atoms with van der Waals surface area (Å²) in [7, 11) is 1.33.